The summed E-state index contributed by atoms with van der Waals surface area (Å²) in [7, 11) is 0. The van der Waals surface area contributed by atoms with Crippen molar-refractivity contribution in [3.8, 4) is 10.6 Å². The monoisotopic (exact) mass is 461 g/mol. The molecule has 0 saturated carbocycles. The highest BCUT2D eigenvalue weighted by atomic mass is 35.5. The minimum absolute atomic E-state index is 0.275. The Morgan fingerprint density at radius 3 is 2.21 bits per heavy atom. The van der Waals surface area contributed by atoms with Crippen LogP contribution in [-0.4, -0.2) is 39.5 Å². The number of nitrogens with one attached hydrogen (secondary N) is 2. The van der Waals surface area contributed by atoms with Gasteiger partial charge < -0.3 is 4.84 Å². The molecular weight excluding hydrogens is 452 g/mol. The normalized spacial score (nSPS) is 13.2. The van der Waals surface area contributed by atoms with Gasteiger partial charge >= 0.3 is 24.1 Å². The lowest BCUT2D eigenvalue weighted by molar-refractivity contribution is -0.388. The van der Waals surface area contributed by atoms with Crippen molar-refractivity contribution in [1.29, 1.82) is 0 Å². The van der Waals surface area contributed by atoms with E-state index in [-0.39, 0.29) is 10.1 Å². The Kier molecular flexibility index (Phi) is 6.57. The fourth-order valence-electron chi connectivity index (χ4n) is 1.82. The van der Waals surface area contributed by atoms with E-state index in [0.29, 0.717) is 10.9 Å². The van der Waals surface area contributed by atoms with Gasteiger partial charge in [-0.3, -0.25) is 10.6 Å². The molecule has 158 valence electrons. The first kappa shape index (κ1) is 22.7. The number of aromatic nitrogens is 2. The van der Waals surface area contributed by atoms with E-state index in [1.165, 1.54) is 0 Å². The predicted molar refractivity (Wildman–Crippen MR) is 92.4 cm³/mol. The summed E-state index contributed by atoms with van der Waals surface area (Å²) in [4.78, 5) is 15.5. The third-order valence-electron chi connectivity index (χ3n) is 3.06. The maximum Gasteiger partial charge on any atom is 0.461 e. The van der Waals surface area contributed by atoms with Gasteiger partial charge in [0.05, 0.1) is 0 Å². The fraction of sp³-hybridized carbons (Fsp3) is 0.286. The summed E-state index contributed by atoms with van der Waals surface area (Å²) in [6, 6.07) is 6.45. The molecule has 0 aliphatic heterocycles. The molecule has 1 heterocycles. The molecule has 2 amide bonds. The van der Waals surface area contributed by atoms with Crippen LogP contribution < -0.4 is 10.6 Å². The van der Waals surface area contributed by atoms with Crippen LogP contribution in [-0.2, 0) is 4.84 Å². The Bertz CT molecular complexity index is 869. The Labute approximate surface area is 167 Å². The maximum atomic E-state index is 13.2. The molecule has 2 N–H and O–H groups in total. The van der Waals surface area contributed by atoms with Gasteiger partial charge in [-0.1, -0.05) is 58.4 Å². The summed E-state index contributed by atoms with van der Waals surface area (Å²) in [6.45, 7) is 0.880. The first-order valence-corrected chi connectivity index (χ1v) is 8.55. The summed E-state index contributed by atoms with van der Waals surface area (Å²) in [5.74, 6) is 0. The number of carbonyl (C=O) groups excluding carboxylic acids is 1. The molecule has 2 aromatic rings. The number of nitrogens with zero attached hydrogens (tertiary/aromatic N) is 3. The van der Waals surface area contributed by atoms with Crippen LogP contribution in [0.5, 0.6) is 0 Å². The summed E-state index contributed by atoms with van der Waals surface area (Å²) in [5, 5.41) is 11.3. The van der Waals surface area contributed by atoms with Crippen LogP contribution in [0.2, 0.25) is 0 Å². The minimum atomic E-state index is -6.13. The summed E-state index contributed by atoms with van der Waals surface area (Å²) >= 11 is 5.88. The SMILES string of the molecule is C/C(Cl)=N\OC(NC(=O)Nc1nnc(-c2ccccc2)s1)(C(F)(F)F)C(F)(F)F. The Morgan fingerprint density at radius 1 is 1.10 bits per heavy atom. The van der Waals surface area contributed by atoms with Crippen molar-refractivity contribution >= 4 is 39.3 Å². The van der Waals surface area contributed by atoms with Gasteiger partial charge in [0.15, 0.2) is 0 Å². The number of hydrogen-bond donors (Lipinski definition) is 2. The molecule has 0 aliphatic rings. The van der Waals surface area contributed by atoms with Crippen LogP contribution in [0.25, 0.3) is 10.6 Å². The minimum Gasteiger partial charge on any atom is -0.346 e. The molecule has 0 fully saturated rings. The molecule has 29 heavy (non-hydrogen) atoms. The number of oxime groups is 1. The van der Waals surface area contributed by atoms with Gasteiger partial charge in [-0.15, -0.1) is 10.2 Å². The van der Waals surface area contributed by atoms with Crippen molar-refractivity contribution in [2.75, 3.05) is 5.32 Å². The predicted octanol–water partition coefficient (Wildman–Crippen LogP) is 4.74. The number of rotatable bonds is 5. The number of halogens is 7. The second-order valence-corrected chi connectivity index (χ2v) is 6.74. The van der Waals surface area contributed by atoms with E-state index in [4.69, 9.17) is 11.6 Å². The quantitative estimate of drug-likeness (QED) is 0.291. The molecule has 0 unspecified atom stereocenters. The van der Waals surface area contributed by atoms with E-state index < -0.39 is 29.3 Å². The van der Waals surface area contributed by atoms with Crippen molar-refractivity contribution in [2.24, 2.45) is 5.16 Å². The first-order chi connectivity index (χ1) is 13.4. The van der Waals surface area contributed by atoms with E-state index in [1.807, 2.05) is 0 Å². The Hall–Kier alpha value is -2.61. The third-order valence-corrected chi connectivity index (χ3v) is 4.02. The molecule has 2 rings (SSSR count). The third kappa shape index (κ3) is 5.26. The van der Waals surface area contributed by atoms with E-state index >= 15 is 0 Å². The van der Waals surface area contributed by atoms with Crippen LogP contribution in [0.15, 0.2) is 35.5 Å². The van der Waals surface area contributed by atoms with Crippen molar-refractivity contribution in [3.63, 3.8) is 0 Å². The molecule has 0 spiro atoms. The second kappa shape index (κ2) is 8.41. The second-order valence-electron chi connectivity index (χ2n) is 5.21. The molecule has 1 aromatic carbocycles. The molecule has 0 aliphatic carbocycles. The number of anilines is 1. The number of carbonyl (C=O) groups is 1. The largest absolute Gasteiger partial charge is 0.461 e. The molecular formula is C14H10ClF6N5O2S. The molecule has 7 nitrogen and oxygen atoms in total. The molecule has 1 aromatic heterocycles. The molecule has 15 heteroatoms. The van der Waals surface area contributed by atoms with E-state index in [9.17, 15) is 31.1 Å². The van der Waals surface area contributed by atoms with Crippen molar-refractivity contribution in [2.45, 2.75) is 25.0 Å². The smallest absolute Gasteiger partial charge is 0.346 e. The number of benzene rings is 1. The van der Waals surface area contributed by atoms with Gasteiger partial charge in [0, 0.05) is 5.56 Å². The highest BCUT2D eigenvalue weighted by Gasteiger charge is 2.76. The van der Waals surface area contributed by atoms with Crippen LogP contribution in [0.3, 0.4) is 0 Å². The van der Waals surface area contributed by atoms with Gasteiger partial charge in [-0.25, -0.2) is 4.79 Å². The number of amides is 2. The lowest BCUT2D eigenvalue weighted by atomic mass is 10.2. The van der Waals surface area contributed by atoms with Gasteiger partial charge in [0.2, 0.25) is 5.13 Å². The zero-order chi connectivity index (χ0) is 21.9. The lowest BCUT2D eigenvalue weighted by Crippen LogP contribution is -2.69. The highest BCUT2D eigenvalue weighted by Crippen LogP contribution is 2.44. The molecule has 0 atom stereocenters. The average Bonchev–Trinajstić information content (AvgIpc) is 3.05. The average molecular weight is 462 g/mol. The Morgan fingerprint density at radius 2 is 1.69 bits per heavy atom. The van der Waals surface area contributed by atoms with Crippen molar-refractivity contribution in [3.05, 3.63) is 30.3 Å². The van der Waals surface area contributed by atoms with Crippen LogP contribution in [0.4, 0.5) is 36.3 Å². The molecule has 0 bridgehead atoms. The van der Waals surface area contributed by atoms with Crippen LogP contribution in [0, 0.1) is 0 Å². The topological polar surface area (TPSA) is 88.5 Å². The summed E-state index contributed by atoms with van der Waals surface area (Å²) in [5.41, 5.74) is -4.57. The standard InChI is InChI=1S/C14H10ClF6N5O2S/c1-7(15)26-28-12(13(16,17)18,14(19,20)21)23-10(27)22-11-25-24-9(29-11)8-5-3-2-4-6-8/h2-6H,1H3,(H2,22,23,25,27)/b26-7+. The lowest BCUT2D eigenvalue weighted by Gasteiger charge is -2.34. The number of urea groups is 1. The zero-order valence-electron chi connectivity index (χ0n) is 14.1. The van der Waals surface area contributed by atoms with Gasteiger partial charge in [0.1, 0.15) is 10.2 Å². The van der Waals surface area contributed by atoms with Crippen LogP contribution in [0.1, 0.15) is 6.92 Å². The summed E-state index contributed by atoms with van der Waals surface area (Å²) in [6.07, 6.45) is -12.3. The summed E-state index contributed by atoms with van der Waals surface area (Å²) < 4.78 is 79.3. The molecule has 0 radical (unpaired) electrons. The Balaban J connectivity index is 2.26. The maximum absolute atomic E-state index is 13.2. The molecule has 0 saturated heterocycles. The van der Waals surface area contributed by atoms with Crippen molar-refractivity contribution < 1.29 is 36.0 Å². The zero-order valence-corrected chi connectivity index (χ0v) is 15.7. The van der Waals surface area contributed by atoms with E-state index in [0.717, 1.165) is 18.3 Å². The number of hydrogen-bond acceptors (Lipinski definition) is 6. The first-order valence-electron chi connectivity index (χ1n) is 7.35. The van der Waals surface area contributed by atoms with Gasteiger partial charge in [-0.05, 0) is 6.92 Å². The fourth-order valence-corrected chi connectivity index (χ4v) is 2.60. The van der Waals surface area contributed by atoms with Crippen LogP contribution >= 0.6 is 22.9 Å². The van der Waals surface area contributed by atoms with Gasteiger partial charge in [0.25, 0.3) is 0 Å². The van der Waals surface area contributed by atoms with E-state index in [1.54, 1.807) is 35.6 Å². The van der Waals surface area contributed by atoms with Crippen molar-refractivity contribution in [1.82, 2.24) is 15.5 Å². The van der Waals surface area contributed by atoms with Gasteiger partial charge in [-0.2, -0.15) is 26.3 Å². The number of alkyl halides is 6. The highest BCUT2D eigenvalue weighted by molar-refractivity contribution is 7.18. The van der Waals surface area contributed by atoms with E-state index in [2.05, 4.69) is 20.2 Å².